The fraction of sp³-hybridized carbons (Fsp3) is 0.750. The third kappa shape index (κ3) is 4.50. The van der Waals surface area contributed by atoms with Gasteiger partial charge in [-0.25, -0.2) is 4.98 Å². The van der Waals surface area contributed by atoms with E-state index in [0.717, 1.165) is 36.6 Å². The van der Waals surface area contributed by atoms with Gasteiger partial charge in [0.05, 0.1) is 12.3 Å². The monoisotopic (exact) mass is 341 g/mol. The lowest BCUT2D eigenvalue weighted by atomic mass is 9.79. The van der Waals surface area contributed by atoms with Crippen LogP contribution in [0.25, 0.3) is 0 Å². The molecule has 23 heavy (non-hydrogen) atoms. The Bertz CT molecular complexity index is 521. The van der Waals surface area contributed by atoms with Crippen molar-refractivity contribution in [2.24, 2.45) is 5.41 Å². The van der Waals surface area contributed by atoms with Crippen LogP contribution >= 0.6 is 11.3 Å². The summed E-state index contributed by atoms with van der Waals surface area (Å²) in [6.45, 7) is 7.04. The topological polar surface area (TPSA) is 72.5 Å². The standard InChI is InChI=1S/C16H27N3O3S/c1-11-13(23-15(19-11)12(2)22-4)14(20)18-9-16(10-21-3)5-7-17-8-6-16/h12,17H,5-10H2,1-4H3,(H,18,20). The van der Waals surface area contributed by atoms with Crippen LogP contribution < -0.4 is 10.6 Å². The van der Waals surface area contributed by atoms with Crippen molar-refractivity contribution in [1.29, 1.82) is 0 Å². The lowest BCUT2D eigenvalue weighted by molar-refractivity contribution is 0.0512. The van der Waals surface area contributed by atoms with Gasteiger partial charge in [0, 0.05) is 26.2 Å². The summed E-state index contributed by atoms with van der Waals surface area (Å²) in [5.74, 6) is -0.0523. The zero-order valence-corrected chi connectivity index (χ0v) is 15.2. The minimum atomic E-state index is -0.0931. The van der Waals surface area contributed by atoms with Gasteiger partial charge in [-0.2, -0.15) is 0 Å². The van der Waals surface area contributed by atoms with Crippen molar-refractivity contribution in [2.45, 2.75) is 32.8 Å². The highest BCUT2D eigenvalue weighted by atomic mass is 32.1. The van der Waals surface area contributed by atoms with Crippen LogP contribution in [0.2, 0.25) is 0 Å². The number of nitrogens with one attached hydrogen (secondary N) is 2. The van der Waals surface area contributed by atoms with Crippen molar-refractivity contribution in [3.05, 3.63) is 15.6 Å². The molecule has 1 amide bonds. The van der Waals surface area contributed by atoms with Crippen LogP contribution in [0.1, 0.15) is 46.2 Å². The second-order valence-electron chi connectivity index (χ2n) is 6.21. The molecule has 0 saturated carbocycles. The minimum Gasteiger partial charge on any atom is -0.384 e. The van der Waals surface area contributed by atoms with Gasteiger partial charge >= 0.3 is 0 Å². The molecule has 0 radical (unpaired) electrons. The van der Waals surface area contributed by atoms with Crippen LogP contribution in [0.4, 0.5) is 0 Å². The first kappa shape index (κ1) is 18.3. The van der Waals surface area contributed by atoms with Gasteiger partial charge in [-0.05, 0) is 39.8 Å². The number of thiazole rings is 1. The molecule has 1 fully saturated rings. The summed E-state index contributed by atoms with van der Waals surface area (Å²) in [6.07, 6.45) is 1.92. The molecule has 2 N–H and O–H groups in total. The SMILES string of the molecule is COCC1(CNC(=O)c2sc(C(C)OC)nc2C)CCNCC1. The number of aromatic nitrogens is 1. The van der Waals surface area contributed by atoms with E-state index in [1.165, 1.54) is 11.3 Å². The number of rotatable bonds is 7. The minimum absolute atomic E-state index is 0.0247. The second-order valence-corrected chi connectivity index (χ2v) is 7.24. The summed E-state index contributed by atoms with van der Waals surface area (Å²) < 4.78 is 10.7. The zero-order valence-electron chi connectivity index (χ0n) is 14.4. The molecule has 7 heteroatoms. The number of piperidine rings is 1. The van der Waals surface area contributed by atoms with E-state index in [4.69, 9.17) is 9.47 Å². The van der Waals surface area contributed by atoms with E-state index in [1.807, 2.05) is 13.8 Å². The molecule has 1 saturated heterocycles. The Balaban J connectivity index is 2.02. The predicted molar refractivity (Wildman–Crippen MR) is 91.0 cm³/mol. The molecule has 130 valence electrons. The first-order valence-electron chi connectivity index (χ1n) is 7.99. The maximum Gasteiger partial charge on any atom is 0.263 e. The fourth-order valence-electron chi connectivity index (χ4n) is 2.89. The number of carbonyl (C=O) groups is 1. The van der Waals surface area contributed by atoms with Gasteiger partial charge in [0.2, 0.25) is 0 Å². The highest BCUT2D eigenvalue weighted by molar-refractivity contribution is 7.13. The maximum absolute atomic E-state index is 12.5. The molecule has 0 aliphatic carbocycles. The molecule has 1 aromatic heterocycles. The van der Waals surface area contributed by atoms with Crippen molar-refractivity contribution in [3.8, 4) is 0 Å². The van der Waals surface area contributed by atoms with Crippen LogP contribution in [-0.2, 0) is 9.47 Å². The van der Waals surface area contributed by atoms with Crippen molar-refractivity contribution in [3.63, 3.8) is 0 Å². The largest absolute Gasteiger partial charge is 0.384 e. The van der Waals surface area contributed by atoms with Gasteiger partial charge in [0.1, 0.15) is 16.0 Å². The van der Waals surface area contributed by atoms with Crippen LogP contribution in [0.3, 0.4) is 0 Å². The smallest absolute Gasteiger partial charge is 0.263 e. The summed E-state index contributed by atoms with van der Waals surface area (Å²) in [7, 11) is 3.37. The predicted octanol–water partition coefficient (Wildman–Crippen LogP) is 1.90. The average molecular weight is 341 g/mol. The normalized spacial score (nSPS) is 18.6. The van der Waals surface area contributed by atoms with E-state index in [9.17, 15) is 4.79 Å². The molecule has 2 heterocycles. The number of hydrogen-bond donors (Lipinski definition) is 2. The summed E-state index contributed by atoms with van der Waals surface area (Å²) in [5.41, 5.74) is 0.786. The lowest BCUT2D eigenvalue weighted by Crippen LogP contribution is -2.47. The number of hydrogen-bond acceptors (Lipinski definition) is 6. The van der Waals surface area contributed by atoms with E-state index in [-0.39, 0.29) is 17.4 Å². The molecule has 6 nitrogen and oxygen atoms in total. The molecular formula is C16H27N3O3S. The fourth-order valence-corrected chi connectivity index (χ4v) is 3.90. The van der Waals surface area contributed by atoms with Gasteiger partial charge in [-0.1, -0.05) is 0 Å². The van der Waals surface area contributed by atoms with E-state index in [0.29, 0.717) is 18.0 Å². The Morgan fingerprint density at radius 2 is 2.13 bits per heavy atom. The summed E-state index contributed by atoms with van der Waals surface area (Å²) in [5, 5.41) is 7.28. The van der Waals surface area contributed by atoms with Gasteiger partial charge in [-0.15, -0.1) is 11.3 Å². The molecule has 0 aromatic carbocycles. The summed E-state index contributed by atoms with van der Waals surface area (Å²) >= 11 is 1.41. The number of aryl methyl sites for hydroxylation is 1. The van der Waals surface area contributed by atoms with Gasteiger partial charge < -0.3 is 20.1 Å². The zero-order chi connectivity index (χ0) is 16.9. The Hall–Kier alpha value is -1.02. The Morgan fingerprint density at radius 3 is 2.74 bits per heavy atom. The number of methoxy groups -OCH3 is 2. The van der Waals surface area contributed by atoms with E-state index in [2.05, 4.69) is 15.6 Å². The van der Waals surface area contributed by atoms with Crippen LogP contribution in [-0.4, -0.2) is 51.4 Å². The van der Waals surface area contributed by atoms with Gasteiger partial charge in [-0.3, -0.25) is 4.79 Å². The molecular weight excluding hydrogens is 314 g/mol. The van der Waals surface area contributed by atoms with Crippen LogP contribution in [0.15, 0.2) is 0 Å². The van der Waals surface area contributed by atoms with Crippen molar-refractivity contribution in [1.82, 2.24) is 15.6 Å². The molecule has 1 atom stereocenters. The molecule has 1 aliphatic rings. The van der Waals surface area contributed by atoms with Crippen molar-refractivity contribution >= 4 is 17.2 Å². The maximum atomic E-state index is 12.5. The molecule has 1 aliphatic heterocycles. The van der Waals surface area contributed by atoms with E-state index >= 15 is 0 Å². The Kier molecular flexibility index (Phi) is 6.52. The van der Waals surface area contributed by atoms with Crippen LogP contribution in [0, 0.1) is 12.3 Å². The summed E-state index contributed by atoms with van der Waals surface area (Å²) in [4.78, 5) is 17.7. The third-order valence-electron chi connectivity index (χ3n) is 4.46. The average Bonchev–Trinajstić information content (AvgIpc) is 2.95. The van der Waals surface area contributed by atoms with E-state index in [1.54, 1.807) is 14.2 Å². The van der Waals surface area contributed by atoms with Crippen LogP contribution in [0.5, 0.6) is 0 Å². The lowest BCUT2D eigenvalue weighted by Gasteiger charge is -2.37. The quantitative estimate of drug-likeness (QED) is 0.792. The molecule has 0 bridgehead atoms. The Morgan fingerprint density at radius 1 is 1.43 bits per heavy atom. The summed E-state index contributed by atoms with van der Waals surface area (Å²) in [6, 6.07) is 0. The number of ether oxygens (including phenoxy) is 2. The number of nitrogens with zero attached hydrogens (tertiary/aromatic N) is 1. The molecule has 1 unspecified atom stereocenters. The molecule has 2 rings (SSSR count). The van der Waals surface area contributed by atoms with Gasteiger partial charge in [0.25, 0.3) is 5.91 Å². The first-order chi connectivity index (χ1) is 11.0. The highest BCUT2D eigenvalue weighted by Gasteiger charge is 2.33. The molecule has 1 aromatic rings. The highest BCUT2D eigenvalue weighted by Crippen LogP contribution is 2.29. The van der Waals surface area contributed by atoms with Gasteiger partial charge in [0.15, 0.2) is 0 Å². The van der Waals surface area contributed by atoms with E-state index < -0.39 is 0 Å². The van der Waals surface area contributed by atoms with Crippen molar-refractivity contribution < 1.29 is 14.3 Å². The number of carbonyl (C=O) groups excluding carboxylic acids is 1. The Labute approximate surface area is 142 Å². The second kappa shape index (κ2) is 8.19. The first-order valence-corrected chi connectivity index (χ1v) is 8.81. The van der Waals surface area contributed by atoms with Crippen molar-refractivity contribution in [2.75, 3.05) is 40.5 Å². The third-order valence-corrected chi connectivity index (χ3v) is 5.78. The number of amides is 1. The molecule has 0 spiro atoms.